The van der Waals surface area contributed by atoms with Crippen LogP contribution in [0.1, 0.15) is 11.3 Å². The van der Waals surface area contributed by atoms with Crippen LogP contribution in [-0.4, -0.2) is 17.1 Å². The maximum Gasteiger partial charge on any atom is 0.162 e. The Labute approximate surface area is 98.1 Å². The molecule has 2 heterocycles. The molecule has 0 unspecified atom stereocenters. The number of thiophene rings is 1. The summed E-state index contributed by atoms with van der Waals surface area (Å²) < 4.78 is 5.04. The molecule has 4 nitrogen and oxygen atoms in total. The van der Waals surface area contributed by atoms with Gasteiger partial charge in [-0.3, -0.25) is 0 Å². The quantitative estimate of drug-likeness (QED) is 0.886. The highest BCUT2D eigenvalue weighted by molar-refractivity contribution is 7.08. The molecule has 0 saturated heterocycles. The molecule has 5 heteroatoms. The highest BCUT2D eigenvalue weighted by Gasteiger charge is 2.08. The van der Waals surface area contributed by atoms with Crippen LogP contribution in [0.4, 0.5) is 5.82 Å². The lowest BCUT2D eigenvalue weighted by atomic mass is 10.2. The smallest absolute Gasteiger partial charge is 0.162 e. The maximum absolute atomic E-state index is 5.74. The average molecular weight is 235 g/mol. The van der Waals surface area contributed by atoms with Crippen molar-refractivity contribution in [2.24, 2.45) is 0 Å². The van der Waals surface area contributed by atoms with Crippen molar-refractivity contribution >= 4 is 17.2 Å². The Kier molecular flexibility index (Phi) is 3.17. The van der Waals surface area contributed by atoms with Gasteiger partial charge in [0.2, 0.25) is 0 Å². The SMILES string of the molecule is COCc1cc(N)nc(-c2cscc2C)n1. The van der Waals surface area contributed by atoms with Crippen LogP contribution in [0.5, 0.6) is 0 Å². The Balaban J connectivity index is 2.45. The van der Waals surface area contributed by atoms with Crippen LogP contribution in [0.25, 0.3) is 11.4 Å². The third-order valence-corrected chi connectivity index (χ3v) is 3.05. The Bertz CT molecular complexity index is 496. The summed E-state index contributed by atoms with van der Waals surface area (Å²) in [6.45, 7) is 2.48. The lowest BCUT2D eigenvalue weighted by Crippen LogP contribution is -2.01. The minimum absolute atomic E-state index is 0.447. The number of hydrogen-bond donors (Lipinski definition) is 1. The molecule has 0 fully saturated rings. The number of rotatable bonds is 3. The first-order valence-electron chi connectivity index (χ1n) is 4.86. The van der Waals surface area contributed by atoms with Gasteiger partial charge in [-0.25, -0.2) is 9.97 Å². The average Bonchev–Trinajstić information content (AvgIpc) is 2.64. The first kappa shape index (κ1) is 11.0. The Hall–Kier alpha value is -1.46. The summed E-state index contributed by atoms with van der Waals surface area (Å²) in [7, 11) is 1.63. The van der Waals surface area contributed by atoms with Crippen molar-refractivity contribution in [3.05, 3.63) is 28.1 Å². The third-order valence-electron chi connectivity index (χ3n) is 2.19. The number of nitrogens with two attached hydrogens (primary N) is 1. The standard InChI is InChI=1S/C11H13N3OS/c1-7-5-16-6-9(7)11-13-8(4-15-2)3-10(12)14-11/h3,5-6H,4H2,1-2H3,(H2,12,13,14). The Morgan fingerprint density at radius 1 is 1.38 bits per heavy atom. The van der Waals surface area contributed by atoms with Gasteiger partial charge < -0.3 is 10.5 Å². The summed E-state index contributed by atoms with van der Waals surface area (Å²) in [5, 5.41) is 4.10. The van der Waals surface area contributed by atoms with Crippen molar-refractivity contribution < 1.29 is 4.74 Å². The van der Waals surface area contributed by atoms with Gasteiger partial charge in [0, 0.05) is 24.1 Å². The van der Waals surface area contributed by atoms with Crippen LogP contribution in [0.2, 0.25) is 0 Å². The van der Waals surface area contributed by atoms with E-state index in [1.807, 2.05) is 12.3 Å². The third kappa shape index (κ3) is 2.20. The van der Waals surface area contributed by atoms with Crippen molar-refractivity contribution in [1.82, 2.24) is 9.97 Å². The van der Waals surface area contributed by atoms with E-state index in [2.05, 4.69) is 15.3 Å². The highest BCUT2D eigenvalue weighted by atomic mass is 32.1. The molecule has 0 bridgehead atoms. The second-order valence-corrected chi connectivity index (χ2v) is 4.25. The van der Waals surface area contributed by atoms with Gasteiger partial charge in [0.05, 0.1) is 12.3 Å². The molecule has 0 spiro atoms. The van der Waals surface area contributed by atoms with Crippen LogP contribution >= 0.6 is 11.3 Å². The number of aryl methyl sites for hydroxylation is 1. The van der Waals surface area contributed by atoms with E-state index in [0.29, 0.717) is 18.2 Å². The molecule has 2 rings (SSSR count). The molecule has 0 saturated carbocycles. The number of nitrogen functional groups attached to an aromatic ring is 1. The molecule has 0 radical (unpaired) electrons. The number of aromatic nitrogens is 2. The molecule has 84 valence electrons. The van der Waals surface area contributed by atoms with Crippen LogP contribution in [0, 0.1) is 6.92 Å². The summed E-state index contributed by atoms with van der Waals surface area (Å²) in [6, 6.07) is 1.73. The van der Waals surface area contributed by atoms with Crippen molar-refractivity contribution in [2.75, 3.05) is 12.8 Å². The first-order chi connectivity index (χ1) is 7.70. The number of hydrogen-bond acceptors (Lipinski definition) is 5. The lowest BCUT2D eigenvalue weighted by Gasteiger charge is -2.04. The van der Waals surface area contributed by atoms with Gasteiger partial charge in [0.15, 0.2) is 5.82 Å². The molecular weight excluding hydrogens is 222 g/mol. The summed E-state index contributed by atoms with van der Waals surface area (Å²) in [5.74, 6) is 1.15. The van der Waals surface area contributed by atoms with Crippen molar-refractivity contribution in [2.45, 2.75) is 13.5 Å². The van der Waals surface area contributed by atoms with Gasteiger partial charge in [-0.05, 0) is 17.9 Å². The van der Waals surface area contributed by atoms with E-state index < -0.39 is 0 Å². The number of ether oxygens (including phenoxy) is 1. The van der Waals surface area contributed by atoms with Crippen LogP contribution in [0.3, 0.4) is 0 Å². The number of anilines is 1. The van der Waals surface area contributed by atoms with E-state index >= 15 is 0 Å². The zero-order chi connectivity index (χ0) is 11.5. The Morgan fingerprint density at radius 2 is 2.19 bits per heavy atom. The number of methoxy groups -OCH3 is 1. The zero-order valence-electron chi connectivity index (χ0n) is 9.23. The van der Waals surface area contributed by atoms with Gasteiger partial charge in [0.25, 0.3) is 0 Å². The van der Waals surface area contributed by atoms with E-state index in [9.17, 15) is 0 Å². The molecule has 0 amide bonds. The van der Waals surface area contributed by atoms with Crippen molar-refractivity contribution in [1.29, 1.82) is 0 Å². The van der Waals surface area contributed by atoms with Gasteiger partial charge in [-0.1, -0.05) is 0 Å². The molecule has 0 aliphatic heterocycles. The summed E-state index contributed by atoms with van der Waals surface area (Å²) in [4.78, 5) is 8.65. The van der Waals surface area contributed by atoms with E-state index in [0.717, 1.165) is 11.3 Å². The first-order valence-corrected chi connectivity index (χ1v) is 5.80. The highest BCUT2D eigenvalue weighted by Crippen LogP contribution is 2.24. The molecule has 0 aliphatic carbocycles. The van der Waals surface area contributed by atoms with Gasteiger partial charge in [-0.15, -0.1) is 0 Å². The fraction of sp³-hybridized carbons (Fsp3) is 0.273. The molecule has 0 atom stereocenters. The van der Waals surface area contributed by atoms with E-state index in [1.165, 1.54) is 5.56 Å². The molecule has 2 aromatic rings. The maximum atomic E-state index is 5.74. The predicted molar refractivity (Wildman–Crippen MR) is 65.2 cm³/mol. The fourth-order valence-corrected chi connectivity index (χ4v) is 2.28. The topological polar surface area (TPSA) is 61.0 Å². The second kappa shape index (κ2) is 4.59. The molecule has 2 aromatic heterocycles. The molecule has 0 aromatic carbocycles. The minimum atomic E-state index is 0.447. The lowest BCUT2D eigenvalue weighted by molar-refractivity contribution is 0.181. The minimum Gasteiger partial charge on any atom is -0.384 e. The van der Waals surface area contributed by atoms with E-state index in [-0.39, 0.29) is 0 Å². The van der Waals surface area contributed by atoms with Gasteiger partial charge in [-0.2, -0.15) is 11.3 Å². The molecule has 2 N–H and O–H groups in total. The van der Waals surface area contributed by atoms with E-state index in [1.54, 1.807) is 24.5 Å². The van der Waals surface area contributed by atoms with Gasteiger partial charge in [0.1, 0.15) is 5.82 Å². The fourth-order valence-electron chi connectivity index (χ4n) is 1.45. The largest absolute Gasteiger partial charge is 0.384 e. The molecule has 16 heavy (non-hydrogen) atoms. The van der Waals surface area contributed by atoms with E-state index in [4.69, 9.17) is 10.5 Å². The summed E-state index contributed by atoms with van der Waals surface area (Å²) in [5.41, 5.74) is 8.75. The van der Waals surface area contributed by atoms with Crippen LogP contribution in [0.15, 0.2) is 16.8 Å². The summed E-state index contributed by atoms with van der Waals surface area (Å²) >= 11 is 1.63. The summed E-state index contributed by atoms with van der Waals surface area (Å²) in [6.07, 6.45) is 0. The zero-order valence-corrected chi connectivity index (χ0v) is 10.0. The van der Waals surface area contributed by atoms with Crippen LogP contribution in [-0.2, 0) is 11.3 Å². The number of nitrogens with zero attached hydrogens (tertiary/aromatic N) is 2. The predicted octanol–water partition coefficient (Wildman–Crippen LogP) is 2.24. The van der Waals surface area contributed by atoms with Gasteiger partial charge >= 0.3 is 0 Å². The van der Waals surface area contributed by atoms with Crippen molar-refractivity contribution in [3.63, 3.8) is 0 Å². The second-order valence-electron chi connectivity index (χ2n) is 3.51. The molecule has 0 aliphatic rings. The monoisotopic (exact) mass is 235 g/mol. The van der Waals surface area contributed by atoms with Crippen molar-refractivity contribution in [3.8, 4) is 11.4 Å². The Morgan fingerprint density at radius 3 is 2.81 bits per heavy atom. The normalized spacial score (nSPS) is 10.6. The molecular formula is C11H13N3OS. The van der Waals surface area contributed by atoms with Crippen LogP contribution < -0.4 is 5.73 Å².